The maximum Gasteiger partial charge on any atom is 0.240 e. The summed E-state index contributed by atoms with van der Waals surface area (Å²) >= 11 is 0. The van der Waals surface area contributed by atoms with Gasteiger partial charge < -0.3 is 10.6 Å². The third kappa shape index (κ3) is 3.16. The van der Waals surface area contributed by atoms with Crippen molar-refractivity contribution in [3.8, 4) is 0 Å². The van der Waals surface area contributed by atoms with Crippen molar-refractivity contribution in [3.63, 3.8) is 0 Å². The summed E-state index contributed by atoms with van der Waals surface area (Å²) in [7, 11) is 0. The first-order chi connectivity index (χ1) is 10.7. The zero-order valence-electron chi connectivity index (χ0n) is 13.0. The first kappa shape index (κ1) is 15.5. The average molecular weight is 307 g/mol. The van der Waals surface area contributed by atoms with Crippen LogP contribution in [0.4, 0.5) is 0 Å². The van der Waals surface area contributed by atoms with Crippen LogP contribution in [0.3, 0.4) is 0 Å². The fourth-order valence-corrected chi connectivity index (χ4v) is 3.94. The van der Waals surface area contributed by atoms with E-state index in [0.29, 0.717) is 12.5 Å². The molecule has 0 aromatic rings. The van der Waals surface area contributed by atoms with Crippen molar-refractivity contribution in [1.29, 1.82) is 0 Å². The van der Waals surface area contributed by atoms with Crippen LogP contribution in [0, 0.1) is 17.8 Å². The Balaban J connectivity index is 1.50. The Morgan fingerprint density at radius 3 is 2.36 bits per heavy atom. The van der Waals surface area contributed by atoms with Crippen LogP contribution in [0.1, 0.15) is 38.5 Å². The van der Waals surface area contributed by atoms with Crippen LogP contribution >= 0.6 is 0 Å². The Hall–Kier alpha value is -1.43. The van der Waals surface area contributed by atoms with Gasteiger partial charge in [0.2, 0.25) is 17.7 Å². The second kappa shape index (κ2) is 6.77. The van der Waals surface area contributed by atoms with E-state index in [-0.39, 0.29) is 36.1 Å². The smallest absolute Gasteiger partial charge is 0.240 e. The molecule has 0 bridgehead atoms. The average Bonchev–Trinajstić information content (AvgIpc) is 2.79. The van der Waals surface area contributed by atoms with Crippen molar-refractivity contribution in [2.45, 2.75) is 38.5 Å². The van der Waals surface area contributed by atoms with Crippen LogP contribution in [-0.4, -0.2) is 48.8 Å². The standard InChI is InChI=1S/C16H25N3O3/c20-14(18-9-11-4-3-7-17-8-11)10-19-15(21)12-5-1-2-6-13(12)16(19)22/h11-13,17H,1-10H2,(H,18,20). The summed E-state index contributed by atoms with van der Waals surface area (Å²) in [5.41, 5.74) is 0. The predicted octanol–water partition coefficient (Wildman–Crippen LogP) is 0.277. The molecule has 3 rings (SSSR count). The zero-order valence-corrected chi connectivity index (χ0v) is 13.0. The minimum atomic E-state index is -0.217. The number of likely N-dealkylation sites (tertiary alicyclic amines) is 1. The van der Waals surface area contributed by atoms with Gasteiger partial charge in [-0.1, -0.05) is 12.8 Å². The van der Waals surface area contributed by atoms with Crippen molar-refractivity contribution >= 4 is 17.7 Å². The maximum atomic E-state index is 12.3. The lowest BCUT2D eigenvalue weighted by Gasteiger charge is -2.23. The third-order valence-corrected chi connectivity index (χ3v) is 5.22. The molecule has 6 nitrogen and oxygen atoms in total. The molecular weight excluding hydrogens is 282 g/mol. The Labute approximate surface area is 131 Å². The summed E-state index contributed by atoms with van der Waals surface area (Å²) < 4.78 is 0. The normalized spacial score (nSPS) is 32.0. The molecule has 0 aromatic heterocycles. The van der Waals surface area contributed by atoms with Crippen LogP contribution in [0.25, 0.3) is 0 Å². The molecule has 6 heteroatoms. The number of nitrogens with zero attached hydrogens (tertiary/aromatic N) is 1. The van der Waals surface area contributed by atoms with E-state index in [0.717, 1.165) is 51.6 Å². The molecule has 22 heavy (non-hydrogen) atoms. The number of nitrogens with one attached hydrogen (secondary N) is 2. The van der Waals surface area contributed by atoms with E-state index in [2.05, 4.69) is 10.6 Å². The summed E-state index contributed by atoms with van der Waals surface area (Å²) in [6, 6.07) is 0. The summed E-state index contributed by atoms with van der Waals surface area (Å²) in [5, 5.41) is 6.19. The van der Waals surface area contributed by atoms with Gasteiger partial charge in [0.25, 0.3) is 0 Å². The maximum absolute atomic E-state index is 12.3. The number of fused-ring (bicyclic) bond motifs is 1. The molecule has 2 N–H and O–H groups in total. The number of hydrogen-bond donors (Lipinski definition) is 2. The highest BCUT2D eigenvalue weighted by Crippen LogP contribution is 2.37. The number of rotatable bonds is 4. The van der Waals surface area contributed by atoms with Crippen LogP contribution in [0.2, 0.25) is 0 Å². The summed E-state index contributed by atoms with van der Waals surface area (Å²) in [6.45, 7) is 2.48. The zero-order chi connectivity index (χ0) is 15.5. The van der Waals surface area contributed by atoms with Crippen molar-refractivity contribution < 1.29 is 14.4 Å². The van der Waals surface area contributed by atoms with Gasteiger partial charge in [0.15, 0.2) is 0 Å². The number of piperidine rings is 1. The van der Waals surface area contributed by atoms with Gasteiger partial charge in [0.05, 0.1) is 11.8 Å². The molecular formula is C16H25N3O3. The molecule has 122 valence electrons. The summed E-state index contributed by atoms with van der Waals surface area (Å²) in [5.74, 6) is -0.377. The Morgan fingerprint density at radius 2 is 1.77 bits per heavy atom. The summed E-state index contributed by atoms with van der Waals surface area (Å²) in [6.07, 6.45) is 5.85. The van der Waals surface area contributed by atoms with Crippen LogP contribution in [0.5, 0.6) is 0 Å². The first-order valence-electron chi connectivity index (χ1n) is 8.49. The highest BCUT2D eigenvalue weighted by Gasteiger charge is 2.48. The molecule has 1 saturated carbocycles. The largest absolute Gasteiger partial charge is 0.354 e. The van der Waals surface area contributed by atoms with Gasteiger partial charge in [-0.2, -0.15) is 0 Å². The van der Waals surface area contributed by atoms with E-state index >= 15 is 0 Å². The minimum Gasteiger partial charge on any atom is -0.354 e. The van der Waals surface area contributed by atoms with E-state index in [1.165, 1.54) is 4.90 Å². The third-order valence-electron chi connectivity index (χ3n) is 5.22. The second-order valence-corrected chi connectivity index (χ2v) is 6.78. The molecule has 2 aliphatic heterocycles. The van der Waals surface area contributed by atoms with Crippen LogP contribution in [0.15, 0.2) is 0 Å². The highest BCUT2D eigenvalue weighted by atomic mass is 16.2. The number of carbonyl (C=O) groups is 3. The molecule has 0 spiro atoms. The number of amides is 3. The highest BCUT2D eigenvalue weighted by molar-refractivity contribution is 6.07. The van der Waals surface area contributed by atoms with Crippen molar-refractivity contribution in [1.82, 2.24) is 15.5 Å². The summed E-state index contributed by atoms with van der Waals surface area (Å²) in [4.78, 5) is 37.9. The molecule has 2 saturated heterocycles. The molecule has 3 amide bonds. The topological polar surface area (TPSA) is 78.5 Å². The van der Waals surface area contributed by atoms with Gasteiger partial charge in [-0.05, 0) is 44.7 Å². The predicted molar refractivity (Wildman–Crippen MR) is 80.8 cm³/mol. The molecule has 0 radical (unpaired) electrons. The number of hydrogen-bond acceptors (Lipinski definition) is 4. The van der Waals surface area contributed by atoms with E-state index in [9.17, 15) is 14.4 Å². The minimum absolute atomic E-state index is 0.106. The van der Waals surface area contributed by atoms with Crippen LogP contribution in [-0.2, 0) is 14.4 Å². The lowest BCUT2D eigenvalue weighted by Crippen LogP contribution is -2.44. The van der Waals surface area contributed by atoms with Crippen LogP contribution < -0.4 is 10.6 Å². The number of carbonyl (C=O) groups excluding carboxylic acids is 3. The second-order valence-electron chi connectivity index (χ2n) is 6.78. The Morgan fingerprint density at radius 1 is 1.09 bits per heavy atom. The molecule has 3 unspecified atom stereocenters. The van der Waals surface area contributed by atoms with E-state index in [4.69, 9.17) is 0 Å². The molecule has 3 aliphatic rings. The number of imide groups is 1. The molecule has 2 heterocycles. The van der Waals surface area contributed by atoms with Gasteiger partial charge in [-0.15, -0.1) is 0 Å². The van der Waals surface area contributed by atoms with E-state index in [1.807, 2.05) is 0 Å². The Bertz CT molecular complexity index is 436. The van der Waals surface area contributed by atoms with Gasteiger partial charge in [-0.3, -0.25) is 19.3 Å². The monoisotopic (exact) mass is 307 g/mol. The van der Waals surface area contributed by atoms with Crippen molar-refractivity contribution in [2.75, 3.05) is 26.2 Å². The van der Waals surface area contributed by atoms with E-state index < -0.39 is 0 Å². The van der Waals surface area contributed by atoms with Crippen molar-refractivity contribution in [2.24, 2.45) is 17.8 Å². The van der Waals surface area contributed by atoms with Gasteiger partial charge in [0, 0.05) is 6.54 Å². The van der Waals surface area contributed by atoms with Gasteiger partial charge in [-0.25, -0.2) is 0 Å². The quantitative estimate of drug-likeness (QED) is 0.731. The molecule has 3 fully saturated rings. The fraction of sp³-hybridized carbons (Fsp3) is 0.812. The molecule has 0 aromatic carbocycles. The molecule has 1 aliphatic carbocycles. The lowest BCUT2D eigenvalue weighted by atomic mass is 9.81. The molecule has 3 atom stereocenters. The first-order valence-corrected chi connectivity index (χ1v) is 8.49. The van der Waals surface area contributed by atoms with Crippen molar-refractivity contribution in [3.05, 3.63) is 0 Å². The lowest BCUT2D eigenvalue weighted by molar-refractivity contribution is -0.143. The Kier molecular flexibility index (Phi) is 4.76. The SMILES string of the molecule is O=C(CN1C(=O)C2CCCCC2C1=O)NCC1CCCNC1. The van der Waals surface area contributed by atoms with Gasteiger partial charge >= 0.3 is 0 Å². The van der Waals surface area contributed by atoms with E-state index in [1.54, 1.807) is 0 Å². The van der Waals surface area contributed by atoms with Gasteiger partial charge in [0.1, 0.15) is 6.54 Å². The fourth-order valence-electron chi connectivity index (χ4n) is 3.94.